The monoisotopic (exact) mass is 254 g/mol. The SMILES string of the molecule is OCC(O)C(O)C(O)C(O)C1OCC(O)C1O. The molecule has 1 aliphatic rings. The fourth-order valence-electron chi connectivity index (χ4n) is 1.66. The van der Waals surface area contributed by atoms with Crippen molar-refractivity contribution in [1.29, 1.82) is 0 Å². The van der Waals surface area contributed by atoms with E-state index in [-0.39, 0.29) is 6.61 Å². The van der Waals surface area contributed by atoms with E-state index in [2.05, 4.69) is 0 Å². The van der Waals surface area contributed by atoms with Crippen molar-refractivity contribution in [2.75, 3.05) is 13.2 Å². The van der Waals surface area contributed by atoms with Crippen molar-refractivity contribution in [3.63, 3.8) is 0 Å². The van der Waals surface area contributed by atoms with Gasteiger partial charge in [-0.25, -0.2) is 0 Å². The molecule has 0 aliphatic carbocycles. The van der Waals surface area contributed by atoms with Crippen LogP contribution < -0.4 is 0 Å². The van der Waals surface area contributed by atoms with Crippen molar-refractivity contribution in [1.82, 2.24) is 0 Å². The van der Waals surface area contributed by atoms with Gasteiger partial charge in [0.05, 0.1) is 13.2 Å². The summed E-state index contributed by atoms with van der Waals surface area (Å²) in [5.74, 6) is 0. The zero-order chi connectivity index (χ0) is 13.2. The smallest absolute Gasteiger partial charge is 0.115 e. The molecule has 1 fully saturated rings. The van der Waals surface area contributed by atoms with Crippen LogP contribution in [0.25, 0.3) is 0 Å². The van der Waals surface area contributed by atoms with Crippen LogP contribution in [0, 0.1) is 0 Å². The number of aliphatic hydroxyl groups excluding tert-OH is 7. The summed E-state index contributed by atoms with van der Waals surface area (Å²) < 4.78 is 4.86. The highest BCUT2D eigenvalue weighted by atomic mass is 16.5. The lowest BCUT2D eigenvalue weighted by molar-refractivity contribution is -0.154. The molecule has 8 nitrogen and oxygen atoms in total. The summed E-state index contributed by atoms with van der Waals surface area (Å²) in [5, 5.41) is 64.7. The maximum atomic E-state index is 9.62. The van der Waals surface area contributed by atoms with Gasteiger partial charge < -0.3 is 40.5 Å². The normalized spacial score (nSPS) is 36.5. The first kappa shape index (κ1) is 14.7. The molecule has 0 saturated carbocycles. The maximum absolute atomic E-state index is 9.62. The Balaban J connectivity index is 2.60. The highest BCUT2D eigenvalue weighted by Gasteiger charge is 2.44. The van der Waals surface area contributed by atoms with E-state index in [9.17, 15) is 25.5 Å². The molecule has 0 radical (unpaired) electrons. The van der Waals surface area contributed by atoms with Crippen molar-refractivity contribution in [3.05, 3.63) is 0 Å². The third kappa shape index (κ3) is 3.12. The van der Waals surface area contributed by atoms with Crippen LogP contribution in [-0.2, 0) is 4.74 Å². The second-order valence-corrected chi connectivity index (χ2v) is 4.08. The molecular formula is C9H18O8. The molecule has 0 spiro atoms. The van der Waals surface area contributed by atoms with E-state index in [0.717, 1.165) is 0 Å². The molecule has 1 saturated heterocycles. The second kappa shape index (κ2) is 6.03. The van der Waals surface area contributed by atoms with Gasteiger partial charge in [0.25, 0.3) is 0 Å². The standard InChI is InChI=1S/C9H18O8/c10-1-3(11)5(13)7(15)8(16)9-6(14)4(12)2-17-9/h3-16H,1-2H2. The first-order valence-corrected chi connectivity index (χ1v) is 5.21. The topological polar surface area (TPSA) is 151 Å². The molecule has 102 valence electrons. The van der Waals surface area contributed by atoms with Crippen molar-refractivity contribution in [2.45, 2.75) is 42.7 Å². The molecule has 0 aromatic carbocycles. The number of aliphatic hydroxyl groups is 7. The Morgan fingerprint density at radius 2 is 1.65 bits per heavy atom. The van der Waals surface area contributed by atoms with Gasteiger partial charge in [0.1, 0.15) is 42.7 Å². The summed E-state index contributed by atoms with van der Waals surface area (Å²) in [6, 6.07) is 0. The number of ether oxygens (including phenoxy) is 1. The Labute approximate surface area is 97.3 Å². The molecule has 0 amide bonds. The van der Waals surface area contributed by atoms with Crippen LogP contribution >= 0.6 is 0 Å². The van der Waals surface area contributed by atoms with Crippen LogP contribution in [0.1, 0.15) is 0 Å². The van der Waals surface area contributed by atoms with Crippen molar-refractivity contribution < 1.29 is 40.5 Å². The molecule has 0 bridgehead atoms. The summed E-state index contributed by atoms with van der Waals surface area (Å²) in [6.07, 6.45) is -10.8. The molecule has 17 heavy (non-hydrogen) atoms. The molecule has 7 unspecified atom stereocenters. The van der Waals surface area contributed by atoms with Gasteiger partial charge in [0.15, 0.2) is 0 Å². The van der Waals surface area contributed by atoms with Crippen LogP contribution in [0.3, 0.4) is 0 Å². The van der Waals surface area contributed by atoms with Gasteiger partial charge in [-0.1, -0.05) is 0 Å². The largest absolute Gasteiger partial charge is 0.394 e. The highest BCUT2D eigenvalue weighted by molar-refractivity contribution is 4.93. The van der Waals surface area contributed by atoms with E-state index in [4.69, 9.17) is 14.9 Å². The third-order valence-electron chi connectivity index (χ3n) is 2.81. The minimum Gasteiger partial charge on any atom is -0.394 e. The molecule has 7 N–H and O–H groups in total. The van der Waals surface area contributed by atoms with Crippen LogP contribution in [0.4, 0.5) is 0 Å². The van der Waals surface area contributed by atoms with Gasteiger partial charge in [0, 0.05) is 0 Å². The van der Waals surface area contributed by atoms with Gasteiger partial charge in [-0.05, 0) is 0 Å². The Hall–Kier alpha value is -0.320. The molecule has 0 aromatic heterocycles. The van der Waals surface area contributed by atoms with E-state index < -0.39 is 49.3 Å². The molecule has 8 heteroatoms. The van der Waals surface area contributed by atoms with Gasteiger partial charge in [-0.2, -0.15) is 0 Å². The zero-order valence-electron chi connectivity index (χ0n) is 8.99. The summed E-state index contributed by atoms with van der Waals surface area (Å²) in [5.41, 5.74) is 0. The number of rotatable bonds is 5. The summed E-state index contributed by atoms with van der Waals surface area (Å²) in [4.78, 5) is 0. The fourth-order valence-corrected chi connectivity index (χ4v) is 1.66. The Bertz CT molecular complexity index is 237. The minimum atomic E-state index is -1.82. The first-order valence-electron chi connectivity index (χ1n) is 5.21. The van der Waals surface area contributed by atoms with Crippen LogP contribution in [0.5, 0.6) is 0 Å². The first-order chi connectivity index (χ1) is 7.90. The Morgan fingerprint density at radius 3 is 2.06 bits per heavy atom. The highest BCUT2D eigenvalue weighted by Crippen LogP contribution is 2.21. The minimum absolute atomic E-state index is 0.200. The lowest BCUT2D eigenvalue weighted by Crippen LogP contribution is -2.52. The van der Waals surface area contributed by atoms with Crippen molar-refractivity contribution in [3.8, 4) is 0 Å². The molecule has 1 aliphatic heterocycles. The molecular weight excluding hydrogens is 236 g/mol. The summed E-state index contributed by atoms with van der Waals surface area (Å²) in [6.45, 7) is -0.990. The van der Waals surface area contributed by atoms with E-state index in [0.29, 0.717) is 0 Å². The molecule has 1 heterocycles. The Morgan fingerprint density at radius 1 is 1.06 bits per heavy atom. The maximum Gasteiger partial charge on any atom is 0.115 e. The average molecular weight is 254 g/mol. The van der Waals surface area contributed by atoms with Crippen molar-refractivity contribution >= 4 is 0 Å². The predicted molar refractivity (Wildman–Crippen MR) is 52.9 cm³/mol. The van der Waals surface area contributed by atoms with Crippen LogP contribution in [0.15, 0.2) is 0 Å². The number of hydrogen-bond donors (Lipinski definition) is 7. The summed E-state index contributed by atoms with van der Waals surface area (Å²) >= 11 is 0. The van der Waals surface area contributed by atoms with E-state index in [1.165, 1.54) is 0 Å². The van der Waals surface area contributed by atoms with Crippen LogP contribution in [-0.4, -0.2) is 91.7 Å². The third-order valence-corrected chi connectivity index (χ3v) is 2.81. The van der Waals surface area contributed by atoms with Gasteiger partial charge in [-0.15, -0.1) is 0 Å². The average Bonchev–Trinajstić information content (AvgIpc) is 2.66. The van der Waals surface area contributed by atoms with Gasteiger partial charge >= 0.3 is 0 Å². The van der Waals surface area contributed by atoms with Crippen molar-refractivity contribution in [2.24, 2.45) is 0 Å². The summed E-state index contributed by atoms with van der Waals surface area (Å²) in [7, 11) is 0. The molecule has 1 rings (SSSR count). The lowest BCUT2D eigenvalue weighted by Gasteiger charge is -2.29. The van der Waals surface area contributed by atoms with E-state index >= 15 is 0 Å². The quantitative estimate of drug-likeness (QED) is 0.259. The zero-order valence-corrected chi connectivity index (χ0v) is 8.99. The lowest BCUT2D eigenvalue weighted by atomic mass is 9.96. The molecule has 0 aromatic rings. The van der Waals surface area contributed by atoms with Gasteiger partial charge in [-0.3, -0.25) is 0 Å². The number of hydrogen-bond acceptors (Lipinski definition) is 8. The van der Waals surface area contributed by atoms with Crippen LogP contribution in [0.2, 0.25) is 0 Å². The Kier molecular flexibility index (Phi) is 5.22. The fraction of sp³-hybridized carbons (Fsp3) is 1.00. The predicted octanol–water partition coefficient (Wildman–Crippen LogP) is -4.46. The van der Waals surface area contributed by atoms with Gasteiger partial charge in [0.2, 0.25) is 0 Å². The van der Waals surface area contributed by atoms with E-state index in [1.54, 1.807) is 0 Å². The second-order valence-electron chi connectivity index (χ2n) is 4.08. The van der Waals surface area contributed by atoms with E-state index in [1.807, 2.05) is 0 Å². The molecule has 7 atom stereocenters.